The van der Waals surface area contributed by atoms with Crippen molar-refractivity contribution in [3.05, 3.63) is 76.9 Å². The molecule has 4 heterocycles. The molecule has 0 bridgehead atoms. The highest BCUT2D eigenvalue weighted by Gasteiger charge is 2.23. The number of hydrogen-bond acceptors (Lipinski definition) is 5. The number of benzene rings is 1. The first-order chi connectivity index (χ1) is 13.8. The number of anilines is 1. The van der Waals surface area contributed by atoms with Crippen molar-refractivity contribution in [2.24, 2.45) is 0 Å². The third-order valence-electron chi connectivity index (χ3n) is 4.56. The van der Waals surface area contributed by atoms with Gasteiger partial charge >= 0.3 is 0 Å². The lowest BCUT2D eigenvalue weighted by Gasteiger charge is -2.24. The number of carbonyl (C=O) groups is 1. The number of pyridine rings is 1. The first-order valence-electron chi connectivity index (χ1n) is 8.95. The van der Waals surface area contributed by atoms with E-state index in [1.54, 1.807) is 22.4 Å². The zero-order valence-electron chi connectivity index (χ0n) is 14.9. The van der Waals surface area contributed by atoms with Crippen LogP contribution < -0.4 is 14.4 Å². The van der Waals surface area contributed by atoms with Crippen molar-refractivity contribution in [1.82, 2.24) is 9.38 Å². The summed E-state index contributed by atoms with van der Waals surface area (Å²) in [4.78, 5) is 20.7. The molecule has 1 aromatic carbocycles. The smallest absolute Gasteiger partial charge is 0.278 e. The van der Waals surface area contributed by atoms with Crippen LogP contribution in [0.5, 0.6) is 11.5 Å². The molecule has 3 aromatic heterocycles. The van der Waals surface area contributed by atoms with Crippen LogP contribution >= 0.6 is 11.3 Å². The van der Waals surface area contributed by atoms with Gasteiger partial charge in [-0.2, -0.15) is 0 Å². The summed E-state index contributed by atoms with van der Waals surface area (Å²) < 4.78 is 13.2. The molecule has 1 amide bonds. The largest absolute Gasteiger partial charge is 0.486 e. The highest BCUT2D eigenvalue weighted by atomic mass is 32.1. The Bertz CT molecular complexity index is 1100. The number of nitrogens with zero attached hydrogens (tertiary/aromatic N) is 3. The van der Waals surface area contributed by atoms with Gasteiger partial charge in [0.25, 0.3) is 5.91 Å². The molecule has 0 aliphatic carbocycles. The van der Waals surface area contributed by atoms with E-state index in [1.165, 1.54) is 0 Å². The summed E-state index contributed by atoms with van der Waals surface area (Å²) in [6, 6.07) is 15.3. The van der Waals surface area contributed by atoms with Crippen LogP contribution in [-0.4, -0.2) is 28.5 Å². The van der Waals surface area contributed by atoms with Gasteiger partial charge in [0.05, 0.1) is 6.54 Å². The van der Waals surface area contributed by atoms with E-state index in [4.69, 9.17) is 9.47 Å². The van der Waals surface area contributed by atoms with Crippen LogP contribution in [0.2, 0.25) is 0 Å². The molecule has 0 radical (unpaired) electrons. The summed E-state index contributed by atoms with van der Waals surface area (Å²) in [5, 5.41) is 2.01. The van der Waals surface area contributed by atoms with Gasteiger partial charge in [-0.25, -0.2) is 4.98 Å². The van der Waals surface area contributed by atoms with Crippen LogP contribution in [0.25, 0.3) is 5.65 Å². The van der Waals surface area contributed by atoms with Crippen LogP contribution in [0.3, 0.4) is 0 Å². The van der Waals surface area contributed by atoms with Crippen LogP contribution in [0.4, 0.5) is 5.69 Å². The average Bonchev–Trinajstić information content (AvgIpc) is 3.40. The summed E-state index contributed by atoms with van der Waals surface area (Å²) in [7, 11) is 0. The number of aromatic nitrogens is 2. The molecule has 5 rings (SSSR count). The fraction of sp³-hybridized carbons (Fsp3) is 0.143. The van der Waals surface area contributed by atoms with Crippen LogP contribution in [0.1, 0.15) is 15.4 Å². The van der Waals surface area contributed by atoms with Gasteiger partial charge in [0.2, 0.25) is 0 Å². The van der Waals surface area contributed by atoms with Crippen molar-refractivity contribution in [3.63, 3.8) is 0 Å². The number of ether oxygens (including phenoxy) is 2. The van der Waals surface area contributed by atoms with Crippen LogP contribution in [-0.2, 0) is 6.54 Å². The Morgan fingerprint density at radius 2 is 2.00 bits per heavy atom. The normalized spacial score (nSPS) is 12.9. The van der Waals surface area contributed by atoms with E-state index in [1.807, 2.05) is 64.5 Å². The lowest BCUT2D eigenvalue weighted by atomic mass is 10.2. The van der Waals surface area contributed by atoms with Crippen LogP contribution in [0, 0.1) is 0 Å². The van der Waals surface area contributed by atoms with Gasteiger partial charge in [0.15, 0.2) is 11.5 Å². The second-order valence-electron chi connectivity index (χ2n) is 6.39. The summed E-state index contributed by atoms with van der Waals surface area (Å²) in [5.41, 5.74) is 1.89. The maximum Gasteiger partial charge on any atom is 0.278 e. The minimum absolute atomic E-state index is 0.159. The van der Waals surface area contributed by atoms with Gasteiger partial charge in [-0.15, -0.1) is 11.3 Å². The molecule has 0 fully saturated rings. The minimum Gasteiger partial charge on any atom is -0.486 e. The molecule has 1 aliphatic heterocycles. The molecule has 6 nitrogen and oxygen atoms in total. The number of fused-ring (bicyclic) bond motifs is 2. The SMILES string of the molecule is O=C(c1cn2ccccc2n1)N(Cc1cccs1)c1ccc2c(c1)OCCO2. The van der Waals surface area contributed by atoms with Crippen molar-refractivity contribution in [2.75, 3.05) is 18.1 Å². The first kappa shape index (κ1) is 16.8. The van der Waals surface area contributed by atoms with E-state index in [-0.39, 0.29) is 5.91 Å². The lowest BCUT2D eigenvalue weighted by molar-refractivity contribution is 0.0981. The zero-order chi connectivity index (χ0) is 18.9. The Hall–Kier alpha value is -3.32. The maximum atomic E-state index is 13.4. The average molecular weight is 391 g/mol. The fourth-order valence-electron chi connectivity index (χ4n) is 3.21. The number of hydrogen-bond donors (Lipinski definition) is 0. The van der Waals surface area contributed by atoms with Gasteiger partial charge in [0.1, 0.15) is 24.6 Å². The predicted molar refractivity (Wildman–Crippen MR) is 107 cm³/mol. The van der Waals surface area contributed by atoms with Crippen molar-refractivity contribution in [1.29, 1.82) is 0 Å². The van der Waals surface area contributed by atoms with Gasteiger partial charge in [-0.3, -0.25) is 4.79 Å². The maximum absolute atomic E-state index is 13.4. The molecule has 0 saturated heterocycles. The monoisotopic (exact) mass is 391 g/mol. The number of imidazole rings is 1. The zero-order valence-corrected chi connectivity index (χ0v) is 15.8. The van der Waals surface area contributed by atoms with Crippen molar-refractivity contribution < 1.29 is 14.3 Å². The lowest BCUT2D eigenvalue weighted by Crippen LogP contribution is -2.30. The van der Waals surface area contributed by atoms with Crippen molar-refractivity contribution in [3.8, 4) is 11.5 Å². The molecule has 0 spiro atoms. The molecule has 0 atom stereocenters. The Morgan fingerprint density at radius 1 is 1.11 bits per heavy atom. The molecule has 140 valence electrons. The molecule has 1 aliphatic rings. The quantitative estimate of drug-likeness (QED) is 0.527. The fourth-order valence-corrected chi connectivity index (χ4v) is 3.91. The van der Waals surface area contributed by atoms with E-state index < -0.39 is 0 Å². The Kier molecular flexibility index (Phi) is 4.21. The molecule has 0 N–H and O–H groups in total. The Balaban J connectivity index is 1.54. The number of amides is 1. The Labute approximate surface area is 165 Å². The van der Waals surface area contributed by atoms with Gasteiger partial charge in [-0.05, 0) is 35.7 Å². The molecule has 28 heavy (non-hydrogen) atoms. The van der Waals surface area contributed by atoms with Gasteiger partial charge in [-0.1, -0.05) is 12.1 Å². The molecule has 4 aromatic rings. The van der Waals surface area contributed by atoms with Gasteiger partial charge < -0.3 is 18.8 Å². The molecule has 0 unspecified atom stereocenters. The minimum atomic E-state index is -0.159. The summed E-state index contributed by atoms with van der Waals surface area (Å²) in [5.74, 6) is 1.20. The van der Waals surface area contributed by atoms with E-state index in [0.29, 0.717) is 37.0 Å². The summed E-state index contributed by atoms with van der Waals surface area (Å²) >= 11 is 1.62. The summed E-state index contributed by atoms with van der Waals surface area (Å²) in [6.45, 7) is 1.50. The molecular weight excluding hydrogens is 374 g/mol. The number of thiophene rings is 1. The topological polar surface area (TPSA) is 56.1 Å². The van der Waals surface area contributed by atoms with Crippen molar-refractivity contribution >= 4 is 28.6 Å². The third kappa shape index (κ3) is 3.10. The van der Waals surface area contributed by atoms with Gasteiger partial charge in [0, 0.05) is 29.0 Å². The van der Waals surface area contributed by atoms with E-state index in [2.05, 4.69) is 4.98 Å². The molecular formula is C21H17N3O3S. The van der Waals surface area contributed by atoms with E-state index in [9.17, 15) is 4.79 Å². The van der Waals surface area contributed by atoms with E-state index >= 15 is 0 Å². The number of carbonyl (C=O) groups excluding carboxylic acids is 1. The standard InChI is InChI=1S/C21H17N3O3S/c25-21(17-14-23-8-2-1-5-20(23)22-17)24(13-16-4-3-11-28-16)15-6-7-18-19(12-15)27-10-9-26-18/h1-8,11-12,14H,9-10,13H2. The molecule has 7 heteroatoms. The second-order valence-corrected chi connectivity index (χ2v) is 7.42. The Morgan fingerprint density at radius 3 is 2.82 bits per heavy atom. The number of rotatable bonds is 4. The highest BCUT2D eigenvalue weighted by Crippen LogP contribution is 2.35. The predicted octanol–water partition coefficient (Wildman–Crippen LogP) is 4.01. The van der Waals surface area contributed by atoms with Crippen LogP contribution in [0.15, 0.2) is 66.3 Å². The van der Waals surface area contributed by atoms with Crippen molar-refractivity contribution in [2.45, 2.75) is 6.54 Å². The third-order valence-corrected chi connectivity index (χ3v) is 5.42. The second kappa shape index (κ2) is 7.01. The summed E-state index contributed by atoms with van der Waals surface area (Å²) in [6.07, 6.45) is 3.64. The highest BCUT2D eigenvalue weighted by molar-refractivity contribution is 7.09. The molecule has 0 saturated carbocycles. The first-order valence-corrected chi connectivity index (χ1v) is 9.83. The van der Waals surface area contributed by atoms with E-state index in [0.717, 1.165) is 16.2 Å².